The van der Waals surface area contributed by atoms with E-state index in [9.17, 15) is 9.59 Å². The largest absolute Gasteiger partial charge is 0.493 e. The molecule has 1 aromatic rings. The molecule has 28 heavy (non-hydrogen) atoms. The fourth-order valence-electron chi connectivity index (χ4n) is 3.95. The van der Waals surface area contributed by atoms with Gasteiger partial charge in [0.1, 0.15) is 0 Å². The van der Waals surface area contributed by atoms with Gasteiger partial charge in [-0.3, -0.25) is 9.59 Å². The molecule has 7 heteroatoms. The highest BCUT2D eigenvalue weighted by Gasteiger charge is 2.34. The highest BCUT2D eigenvalue weighted by Crippen LogP contribution is 2.28. The topological polar surface area (TPSA) is 79.9 Å². The Balaban J connectivity index is 1.47. The van der Waals surface area contributed by atoms with Gasteiger partial charge in [0.05, 0.1) is 20.1 Å². The van der Waals surface area contributed by atoms with Crippen molar-refractivity contribution in [2.24, 2.45) is 11.8 Å². The molecule has 0 aromatic heterocycles. The molecule has 0 spiro atoms. The summed E-state index contributed by atoms with van der Waals surface area (Å²) in [6.45, 7) is 3.83. The lowest BCUT2D eigenvalue weighted by Crippen LogP contribution is -2.40. The lowest BCUT2D eigenvalue weighted by molar-refractivity contribution is -0.129. The summed E-state index contributed by atoms with van der Waals surface area (Å²) >= 11 is 0. The van der Waals surface area contributed by atoms with Gasteiger partial charge in [0, 0.05) is 26.1 Å². The van der Waals surface area contributed by atoms with Crippen molar-refractivity contribution in [3.63, 3.8) is 0 Å². The predicted molar refractivity (Wildman–Crippen MR) is 107 cm³/mol. The summed E-state index contributed by atoms with van der Waals surface area (Å²) in [5, 5.41) is 6.41. The molecule has 2 unspecified atom stereocenters. The summed E-state index contributed by atoms with van der Waals surface area (Å²) in [6.07, 6.45) is 3.33. The third-order valence-corrected chi connectivity index (χ3v) is 5.67. The normalized spacial score (nSPS) is 22.2. The van der Waals surface area contributed by atoms with Crippen molar-refractivity contribution < 1.29 is 19.1 Å². The first-order chi connectivity index (χ1) is 13.6. The average Bonchev–Trinajstić information content (AvgIpc) is 3.11. The molecule has 2 fully saturated rings. The van der Waals surface area contributed by atoms with E-state index >= 15 is 0 Å². The Kier molecular flexibility index (Phi) is 7.14. The van der Waals surface area contributed by atoms with Crippen LogP contribution >= 0.6 is 0 Å². The Morgan fingerprint density at radius 1 is 1.29 bits per heavy atom. The fourth-order valence-corrected chi connectivity index (χ4v) is 3.95. The van der Waals surface area contributed by atoms with Crippen LogP contribution in [0.25, 0.3) is 0 Å². The molecule has 0 aliphatic carbocycles. The number of rotatable bonds is 8. The highest BCUT2D eigenvalue weighted by atomic mass is 16.5. The van der Waals surface area contributed by atoms with Gasteiger partial charge in [0.15, 0.2) is 11.5 Å². The number of amides is 2. The second-order valence-corrected chi connectivity index (χ2v) is 7.64. The smallest absolute Gasteiger partial charge is 0.225 e. The van der Waals surface area contributed by atoms with E-state index in [0.29, 0.717) is 49.9 Å². The zero-order valence-electron chi connectivity index (χ0n) is 16.8. The Labute approximate surface area is 166 Å². The van der Waals surface area contributed by atoms with Crippen molar-refractivity contribution in [2.75, 3.05) is 46.9 Å². The van der Waals surface area contributed by atoms with E-state index in [1.807, 2.05) is 18.2 Å². The number of hydrogen-bond acceptors (Lipinski definition) is 5. The minimum absolute atomic E-state index is 0.00698. The van der Waals surface area contributed by atoms with Gasteiger partial charge in [-0.2, -0.15) is 0 Å². The third kappa shape index (κ3) is 5.16. The number of hydrogen-bond donors (Lipinski definition) is 2. The SMILES string of the molecule is COc1ccc(CCN2CC(C(=O)NCC3CCCNC3)CC2=O)cc1OC. The standard InChI is InChI=1S/C21H31N3O4/c1-27-18-6-5-15(10-19(18)28-2)7-9-24-14-17(11-20(24)25)21(26)23-13-16-4-3-8-22-12-16/h5-6,10,16-17,22H,3-4,7-9,11-14H2,1-2H3,(H,23,26). The monoisotopic (exact) mass is 389 g/mol. The molecule has 2 saturated heterocycles. The number of carbonyl (C=O) groups excluding carboxylic acids is 2. The van der Waals surface area contributed by atoms with E-state index in [-0.39, 0.29) is 17.7 Å². The lowest BCUT2D eigenvalue weighted by Gasteiger charge is -2.23. The molecule has 2 atom stereocenters. The number of nitrogens with zero attached hydrogens (tertiary/aromatic N) is 1. The van der Waals surface area contributed by atoms with E-state index in [2.05, 4.69) is 10.6 Å². The summed E-state index contributed by atoms with van der Waals surface area (Å²) in [5.74, 6) is 1.69. The van der Waals surface area contributed by atoms with Gasteiger partial charge in [-0.05, 0) is 56.0 Å². The first-order valence-corrected chi connectivity index (χ1v) is 10.1. The summed E-state index contributed by atoms with van der Waals surface area (Å²) in [7, 11) is 3.22. The van der Waals surface area contributed by atoms with Gasteiger partial charge in [-0.15, -0.1) is 0 Å². The van der Waals surface area contributed by atoms with E-state index < -0.39 is 0 Å². The minimum atomic E-state index is -0.241. The number of likely N-dealkylation sites (tertiary alicyclic amines) is 1. The number of nitrogens with one attached hydrogen (secondary N) is 2. The Hall–Kier alpha value is -2.28. The van der Waals surface area contributed by atoms with Crippen LogP contribution in [0.1, 0.15) is 24.8 Å². The Morgan fingerprint density at radius 2 is 2.11 bits per heavy atom. The first-order valence-electron chi connectivity index (χ1n) is 10.1. The second kappa shape index (κ2) is 9.78. The van der Waals surface area contributed by atoms with Crippen LogP contribution in [-0.4, -0.2) is 63.7 Å². The van der Waals surface area contributed by atoms with Crippen molar-refractivity contribution in [3.8, 4) is 11.5 Å². The molecule has 0 bridgehead atoms. The molecule has 2 N–H and O–H groups in total. The Bertz CT molecular complexity index is 688. The van der Waals surface area contributed by atoms with Gasteiger partial charge < -0.3 is 25.0 Å². The molecular weight excluding hydrogens is 358 g/mol. The fraction of sp³-hybridized carbons (Fsp3) is 0.619. The van der Waals surface area contributed by atoms with E-state index in [1.54, 1.807) is 19.1 Å². The van der Waals surface area contributed by atoms with Gasteiger partial charge in [-0.25, -0.2) is 0 Å². The number of ether oxygens (including phenoxy) is 2. The molecule has 0 saturated carbocycles. The Morgan fingerprint density at radius 3 is 2.82 bits per heavy atom. The zero-order chi connectivity index (χ0) is 19.9. The van der Waals surface area contributed by atoms with Crippen LogP contribution < -0.4 is 20.1 Å². The molecule has 1 aromatic carbocycles. The van der Waals surface area contributed by atoms with Gasteiger partial charge in [0.2, 0.25) is 11.8 Å². The molecule has 0 radical (unpaired) electrons. The summed E-state index contributed by atoms with van der Waals surface area (Å²) in [4.78, 5) is 26.6. The summed E-state index contributed by atoms with van der Waals surface area (Å²) in [6, 6.07) is 5.78. The van der Waals surface area contributed by atoms with Gasteiger partial charge in [-0.1, -0.05) is 6.07 Å². The summed E-state index contributed by atoms with van der Waals surface area (Å²) < 4.78 is 10.6. The average molecular weight is 389 g/mol. The van der Waals surface area contributed by atoms with Crippen LogP contribution in [-0.2, 0) is 16.0 Å². The van der Waals surface area contributed by atoms with Crippen LogP contribution in [0.3, 0.4) is 0 Å². The van der Waals surface area contributed by atoms with Crippen molar-refractivity contribution in [2.45, 2.75) is 25.7 Å². The quantitative estimate of drug-likeness (QED) is 0.699. The molecular formula is C21H31N3O4. The summed E-state index contributed by atoms with van der Waals surface area (Å²) in [5.41, 5.74) is 1.07. The van der Waals surface area contributed by atoms with E-state index in [1.165, 1.54) is 0 Å². The molecule has 2 amide bonds. The van der Waals surface area contributed by atoms with Gasteiger partial charge in [0.25, 0.3) is 0 Å². The van der Waals surface area contributed by atoms with Crippen LogP contribution in [0.2, 0.25) is 0 Å². The minimum Gasteiger partial charge on any atom is -0.493 e. The molecule has 2 aliphatic heterocycles. The van der Waals surface area contributed by atoms with Crippen molar-refractivity contribution in [3.05, 3.63) is 23.8 Å². The molecule has 3 rings (SSSR count). The second-order valence-electron chi connectivity index (χ2n) is 7.64. The van der Waals surface area contributed by atoms with Crippen LogP contribution in [0.15, 0.2) is 18.2 Å². The number of benzene rings is 1. The third-order valence-electron chi connectivity index (χ3n) is 5.67. The molecule has 154 valence electrons. The van der Waals surface area contributed by atoms with E-state index in [4.69, 9.17) is 9.47 Å². The van der Waals surface area contributed by atoms with Crippen LogP contribution in [0.5, 0.6) is 11.5 Å². The predicted octanol–water partition coefficient (Wildman–Crippen LogP) is 1.21. The van der Waals surface area contributed by atoms with Crippen LogP contribution in [0.4, 0.5) is 0 Å². The van der Waals surface area contributed by atoms with Gasteiger partial charge >= 0.3 is 0 Å². The number of carbonyl (C=O) groups is 2. The molecule has 2 heterocycles. The maximum absolute atomic E-state index is 12.5. The van der Waals surface area contributed by atoms with Crippen molar-refractivity contribution >= 4 is 11.8 Å². The lowest BCUT2D eigenvalue weighted by atomic mass is 9.99. The maximum atomic E-state index is 12.5. The molecule has 2 aliphatic rings. The number of methoxy groups -OCH3 is 2. The zero-order valence-corrected chi connectivity index (χ0v) is 16.8. The van der Waals surface area contributed by atoms with E-state index in [0.717, 1.165) is 31.5 Å². The first kappa shape index (κ1) is 20.5. The molecule has 7 nitrogen and oxygen atoms in total. The van der Waals surface area contributed by atoms with Crippen LogP contribution in [0, 0.1) is 11.8 Å². The number of piperidine rings is 1. The van der Waals surface area contributed by atoms with Crippen molar-refractivity contribution in [1.29, 1.82) is 0 Å². The van der Waals surface area contributed by atoms with Crippen molar-refractivity contribution in [1.82, 2.24) is 15.5 Å². The maximum Gasteiger partial charge on any atom is 0.225 e. The highest BCUT2D eigenvalue weighted by molar-refractivity contribution is 5.89.